The first kappa shape index (κ1) is 14.3. The molecule has 0 spiro atoms. The second-order valence-electron chi connectivity index (χ2n) is 4.63. The monoisotopic (exact) mass is 273 g/mol. The summed E-state index contributed by atoms with van der Waals surface area (Å²) in [6, 6.07) is 7.34. The van der Waals surface area contributed by atoms with Crippen LogP contribution in [0.1, 0.15) is 30.1 Å². The number of aliphatic hydroxyl groups is 1. The number of hydrogen-bond acceptors (Lipinski definition) is 3. The molecule has 0 saturated heterocycles. The van der Waals surface area contributed by atoms with Crippen molar-refractivity contribution in [2.24, 2.45) is 0 Å². The fourth-order valence-electron chi connectivity index (χ4n) is 1.88. The molecule has 0 aliphatic heterocycles. The molecule has 1 unspecified atom stereocenters. The third-order valence-electron chi connectivity index (χ3n) is 3.15. The normalized spacial score (nSPS) is 12.1. The van der Waals surface area contributed by atoms with Crippen LogP contribution in [0.2, 0.25) is 0 Å². The number of carbonyl (C=O) groups excluding carboxylic acids is 1. The van der Waals surface area contributed by atoms with Crippen LogP contribution < -0.4 is 5.32 Å². The minimum Gasteiger partial charge on any atom is -0.393 e. The number of nitrogens with one attached hydrogen (secondary N) is 1. The molecular weight excluding hydrogens is 254 g/mol. The van der Waals surface area contributed by atoms with E-state index < -0.39 is 0 Å². The number of aliphatic hydroxyl groups excluding tert-OH is 1. The summed E-state index contributed by atoms with van der Waals surface area (Å²) in [5, 5.41) is 12.3. The molecule has 5 heteroatoms. The number of amides is 1. The topological polar surface area (TPSA) is 67.2 Å². The molecular formula is C15H19N3O2. The van der Waals surface area contributed by atoms with Crippen molar-refractivity contribution in [1.29, 1.82) is 0 Å². The number of imidazole rings is 1. The third-order valence-corrected chi connectivity index (χ3v) is 3.15. The van der Waals surface area contributed by atoms with Gasteiger partial charge in [-0.3, -0.25) is 4.79 Å². The zero-order chi connectivity index (χ0) is 14.4. The van der Waals surface area contributed by atoms with E-state index in [1.165, 1.54) is 0 Å². The fraction of sp³-hybridized carbons (Fsp3) is 0.333. The Bertz CT molecular complexity index is 552. The molecule has 2 rings (SSSR count). The van der Waals surface area contributed by atoms with Gasteiger partial charge in [-0.05, 0) is 31.0 Å². The highest BCUT2D eigenvalue weighted by molar-refractivity contribution is 5.94. The molecule has 0 radical (unpaired) electrons. The van der Waals surface area contributed by atoms with E-state index in [1.807, 2.05) is 35.9 Å². The maximum atomic E-state index is 12.0. The van der Waals surface area contributed by atoms with Crippen molar-refractivity contribution < 1.29 is 9.90 Å². The lowest BCUT2D eigenvalue weighted by Crippen LogP contribution is -2.27. The van der Waals surface area contributed by atoms with Gasteiger partial charge >= 0.3 is 0 Å². The molecule has 0 fully saturated rings. The van der Waals surface area contributed by atoms with Crippen molar-refractivity contribution >= 4 is 5.91 Å². The van der Waals surface area contributed by atoms with E-state index in [2.05, 4.69) is 10.3 Å². The van der Waals surface area contributed by atoms with Crippen LogP contribution in [-0.2, 0) is 0 Å². The molecule has 20 heavy (non-hydrogen) atoms. The Morgan fingerprint density at radius 3 is 3.05 bits per heavy atom. The predicted octanol–water partition coefficient (Wildman–Crippen LogP) is 1.76. The van der Waals surface area contributed by atoms with Crippen molar-refractivity contribution in [2.75, 3.05) is 6.54 Å². The SMILES string of the molecule is CCC(O)CCNC(=O)c1cccc(-n2ccnc2)c1. The number of benzene rings is 1. The van der Waals surface area contributed by atoms with E-state index in [-0.39, 0.29) is 12.0 Å². The summed E-state index contributed by atoms with van der Waals surface area (Å²) in [7, 11) is 0. The van der Waals surface area contributed by atoms with Crippen LogP contribution in [0.15, 0.2) is 43.0 Å². The number of aromatic nitrogens is 2. The maximum absolute atomic E-state index is 12.0. The molecule has 1 amide bonds. The Kier molecular flexibility index (Phi) is 4.90. The predicted molar refractivity (Wildman–Crippen MR) is 76.8 cm³/mol. The first-order valence-corrected chi connectivity index (χ1v) is 6.75. The third kappa shape index (κ3) is 3.68. The fourth-order valence-corrected chi connectivity index (χ4v) is 1.88. The van der Waals surface area contributed by atoms with Crippen molar-refractivity contribution in [3.05, 3.63) is 48.5 Å². The van der Waals surface area contributed by atoms with Gasteiger partial charge in [-0.15, -0.1) is 0 Å². The van der Waals surface area contributed by atoms with Crippen LogP contribution in [0, 0.1) is 0 Å². The van der Waals surface area contributed by atoms with Crippen LogP contribution >= 0.6 is 0 Å². The van der Waals surface area contributed by atoms with Crippen LogP contribution in [-0.4, -0.2) is 33.2 Å². The van der Waals surface area contributed by atoms with Gasteiger partial charge in [0.05, 0.1) is 12.4 Å². The summed E-state index contributed by atoms with van der Waals surface area (Å²) in [5.41, 5.74) is 1.49. The molecule has 0 saturated carbocycles. The molecule has 106 valence electrons. The Morgan fingerprint density at radius 1 is 1.50 bits per heavy atom. The number of carbonyl (C=O) groups is 1. The van der Waals surface area contributed by atoms with Gasteiger partial charge in [0.15, 0.2) is 0 Å². The Balaban J connectivity index is 1.98. The van der Waals surface area contributed by atoms with E-state index in [9.17, 15) is 9.90 Å². The number of hydrogen-bond donors (Lipinski definition) is 2. The quantitative estimate of drug-likeness (QED) is 0.842. The molecule has 2 N–H and O–H groups in total. The Hall–Kier alpha value is -2.14. The van der Waals surface area contributed by atoms with Gasteiger partial charge in [-0.25, -0.2) is 4.98 Å². The van der Waals surface area contributed by atoms with E-state index in [0.717, 1.165) is 5.69 Å². The van der Waals surface area contributed by atoms with E-state index >= 15 is 0 Å². The molecule has 1 aromatic heterocycles. The van der Waals surface area contributed by atoms with Gasteiger partial charge in [0.2, 0.25) is 0 Å². The summed E-state index contributed by atoms with van der Waals surface area (Å²) in [5.74, 6) is -0.129. The van der Waals surface area contributed by atoms with Gasteiger partial charge in [0.25, 0.3) is 5.91 Å². The number of nitrogens with zero attached hydrogens (tertiary/aromatic N) is 2. The molecule has 5 nitrogen and oxygen atoms in total. The lowest BCUT2D eigenvalue weighted by Gasteiger charge is -2.10. The largest absolute Gasteiger partial charge is 0.393 e. The molecule has 0 aliphatic carbocycles. The number of rotatable bonds is 6. The first-order chi connectivity index (χ1) is 9.70. The van der Waals surface area contributed by atoms with E-state index in [1.54, 1.807) is 18.6 Å². The minimum atomic E-state index is -0.354. The lowest BCUT2D eigenvalue weighted by molar-refractivity contribution is 0.0942. The van der Waals surface area contributed by atoms with E-state index in [0.29, 0.717) is 24.9 Å². The maximum Gasteiger partial charge on any atom is 0.251 e. The molecule has 0 bridgehead atoms. The molecule has 2 aromatic rings. The lowest BCUT2D eigenvalue weighted by atomic mass is 10.1. The average molecular weight is 273 g/mol. The highest BCUT2D eigenvalue weighted by Gasteiger charge is 2.07. The highest BCUT2D eigenvalue weighted by atomic mass is 16.3. The Morgan fingerprint density at radius 2 is 2.35 bits per heavy atom. The summed E-state index contributed by atoms with van der Waals surface area (Å²) >= 11 is 0. The Labute approximate surface area is 118 Å². The molecule has 1 aromatic carbocycles. The minimum absolute atomic E-state index is 0.129. The zero-order valence-corrected chi connectivity index (χ0v) is 11.5. The summed E-state index contributed by atoms with van der Waals surface area (Å²) in [6.07, 6.45) is 6.13. The second kappa shape index (κ2) is 6.86. The standard InChI is InChI=1S/C15H19N3O2/c1-2-14(19)6-7-17-15(20)12-4-3-5-13(10-12)18-9-8-16-11-18/h3-5,8-11,14,19H,2,6-7H2,1H3,(H,17,20). The van der Waals surface area contributed by atoms with E-state index in [4.69, 9.17) is 0 Å². The van der Waals surface area contributed by atoms with Crippen molar-refractivity contribution in [1.82, 2.24) is 14.9 Å². The van der Waals surface area contributed by atoms with Crippen molar-refractivity contribution in [2.45, 2.75) is 25.9 Å². The first-order valence-electron chi connectivity index (χ1n) is 6.75. The highest BCUT2D eigenvalue weighted by Crippen LogP contribution is 2.10. The van der Waals surface area contributed by atoms with Gasteiger partial charge in [-0.1, -0.05) is 13.0 Å². The summed E-state index contributed by atoms with van der Waals surface area (Å²) in [6.45, 7) is 2.39. The van der Waals surface area contributed by atoms with Gasteiger partial charge in [-0.2, -0.15) is 0 Å². The molecule has 1 atom stereocenters. The second-order valence-corrected chi connectivity index (χ2v) is 4.63. The summed E-state index contributed by atoms with van der Waals surface area (Å²) < 4.78 is 1.84. The summed E-state index contributed by atoms with van der Waals surface area (Å²) in [4.78, 5) is 16.0. The van der Waals surface area contributed by atoms with Gasteiger partial charge in [0.1, 0.15) is 0 Å². The van der Waals surface area contributed by atoms with Crippen LogP contribution in [0.25, 0.3) is 5.69 Å². The van der Waals surface area contributed by atoms with Gasteiger partial charge < -0.3 is 15.0 Å². The molecule has 0 aliphatic rings. The van der Waals surface area contributed by atoms with Crippen LogP contribution in [0.5, 0.6) is 0 Å². The van der Waals surface area contributed by atoms with Crippen LogP contribution in [0.3, 0.4) is 0 Å². The average Bonchev–Trinajstić information content (AvgIpc) is 3.01. The van der Waals surface area contributed by atoms with Crippen molar-refractivity contribution in [3.8, 4) is 5.69 Å². The van der Waals surface area contributed by atoms with Crippen LogP contribution in [0.4, 0.5) is 0 Å². The molecule has 1 heterocycles. The smallest absolute Gasteiger partial charge is 0.251 e. The van der Waals surface area contributed by atoms with Crippen molar-refractivity contribution in [3.63, 3.8) is 0 Å². The van der Waals surface area contributed by atoms with Gasteiger partial charge in [0, 0.05) is 30.2 Å². The zero-order valence-electron chi connectivity index (χ0n) is 11.5.